The van der Waals surface area contributed by atoms with Crippen LogP contribution in [0.25, 0.3) is 11.0 Å². The Hall–Kier alpha value is -1.81. The van der Waals surface area contributed by atoms with Crippen molar-refractivity contribution in [3.8, 4) is 0 Å². The van der Waals surface area contributed by atoms with E-state index in [2.05, 4.69) is 5.32 Å². The second-order valence-electron chi connectivity index (χ2n) is 3.98. The van der Waals surface area contributed by atoms with E-state index in [0.29, 0.717) is 12.8 Å². The first-order chi connectivity index (χ1) is 8.22. The average Bonchev–Trinajstić information content (AvgIpc) is 2.73. The van der Waals surface area contributed by atoms with E-state index in [4.69, 9.17) is 9.52 Å². The fraction of sp³-hybridized carbons (Fsp3) is 0.308. The van der Waals surface area contributed by atoms with Gasteiger partial charge in [0.1, 0.15) is 11.6 Å². The predicted molar refractivity (Wildman–Crippen MR) is 65.0 cm³/mol. The summed E-state index contributed by atoms with van der Waals surface area (Å²) in [4.78, 5) is 10.9. The molecule has 0 aliphatic heterocycles. The van der Waals surface area contributed by atoms with Gasteiger partial charge in [0.05, 0.1) is 6.26 Å². The molecule has 2 aromatic rings. The summed E-state index contributed by atoms with van der Waals surface area (Å²) in [6.45, 7) is 0. The number of carboxylic acids is 1. The van der Waals surface area contributed by atoms with Gasteiger partial charge in [0, 0.05) is 5.39 Å². The minimum atomic E-state index is -0.819. The van der Waals surface area contributed by atoms with E-state index in [9.17, 15) is 4.79 Å². The summed E-state index contributed by atoms with van der Waals surface area (Å²) in [7, 11) is 1.66. The standard InChI is InChI=1S/C13H15NO3/c1-14-11(13(15)16)7-6-9-8-17-12-5-3-2-4-10(9)12/h2-5,8,11,14H,6-7H2,1H3,(H,15,16). The molecular formula is C13H15NO3. The molecule has 17 heavy (non-hydrogen) atoms. The maximum absolute atomic E-state index is 10.9. The number of aryl methyl sites for hydroxylation is 1. The van der Waals surface area contributed by atoms with Crippen LogP contribution < -0.4 is 5.32 Å². The molecule has 1 aromatic carbocycles. The molecule has 90 valence electrons. The molecule has 0 saturated heterocycles. The van der Waals surface area contributed by atoms with Gasteiger partial charge in [-0.25, -0.2) is 0 Å². The molecule has 2 N–H and O–H groups in total. The van der Waals surface area contributed by atoms with Crippen molar-refractivity contribution in [3.05, 3.63) is 36.1 Å². The molecule has 2 rings (SSSR count). The first-order valence-electron chi connectivity index (χ1n) is 5.57. The molecule has 4 heteroatoms. The zero-order chi connectivity index (χ0) is 12.3. The number of nitrogens with one attached hydrogen (secondary N) is 1. The Morgan fingerprint density at radius 3 is 2.94 bits per heavy atom. The third-order valence-electron chi connectivity index (χ3n) is 2.91. The van der Waals surface area contributed by atoms with Gasteiger partial charge >= 0.3 is 5.97 Å². The summed E-state index contributed by atoms with van der Waals surface area (Å²) in [5.74, 6) is -0.819. The van der Waals surface area contributed by atoms with E-state index in [-0.39, 0.29) is 0 Å². The van der Waals surface area contributed by atoms with Crippen molar-refractivity contribution in [2.24, 2.45) is 0 Å². The lowest BCUT2D eigenvalue weighted by atomic mass is 10.0. The lowest BCUT2D eigenvalue weighted by Crippen LogP contribution is -2.34. The van der Waals surface area contributed by atoms with Gasteiger partial charge < -0.3 is 14.8 Å². The average molecular weight is 233 g/mol. The highest BCUT2D eigenvalue weighted by Gasteiger charge is 2.15. The summed E-state index contributed by atoms with van der Waals surface area (Å²) in [6, 6.07) is 7.26. The number of fused-ring (bicyclic) bond motifs is 1. The number of para-hydroxylation sites is 1. The SMILES string of the molecule is CNC(CCc1coc2ccccc12)C(=O)O. The van der Waals surface area contributed by atoms with E-state index >= 15 is 0 Å². The molecule has 4 nitrogen and oxygen atoms in total. The van der Waals surface area contributed by atoms with Crippen molar-refractivity contribution < 1.29 is 14.3 Å². The zero-order valence-corrected chi connectivity index (χ0v) is 9.64. The topological polar surface area (TPSA) is 62.5 Å². The van der Waals surface area contributed by atoms with Crippen LogP contribution >= 0.6 is 0 Å². The minimum absolute atomic E-state index is 0.510. The maximum Gasteiger partial charge on any atom is 0.320 e. The zero-order valence-electron chi connectivity index (χ0n) is 9.64. The van der Waals surface area contributed by atoms with Crippen LogP contribution in [0.4, 0.5) is 0 Å². The van der Waals surface area contributed by atoms with Gasteiger partial charge in [-0.15, -0.1) is 0 Å². The third kappa shape index (κ3) is 2.47. The number of benzene rings is 1. The van der Waals surface area contributed by atoms with Crippen LogP contribution in [0.2, 0.25) is 0 Å². The maximum atomic E-state index is 10.9. The summed E-state index contributed by atoms with van der Waals surface area (Å²) in [5, 5.41) is 12.8. The van der Waals surface area contributed by atoms with Crippen LogP contribution in [0.1, 0.15) is 12.0 Å². The highest BCUT2D eigenvalue weighted by molar-refractivity contribution is 5.81. The Balaban J connectivity index is 2.11. The lowest BCUT2D eigenvalue weighted by Gasteiger charge is -2.09. The third-order valence-corrected chi connectivity index (χ3v) is 2.91. The molecule has 1 aromatic heterocycles. The second-order valence-corrected chi connectivity index (χ2v) is 3.98. The normalized spacial score (nSPS) is 12.8. The highest BCUT2D eigenvalue weighted by atomic mass is 16.4. The largest absolute Gasteiger partial charge is 0.480 e. The predicted octanol–water partition coefficient (Wildman–Crippen LogP) is 2.04. The molecule has 0 aliphatic carbocycles. The van der Waals surface area contributed by atoms with Gasteiger partial charge in [-0.05, 0) is 31.5 Å². The Labute approximate surface area is 99.2 Å². The van der Waals surface area contributed by atoms with Gasteiger partial charge in [-0.2, -0.15) is 0 Å². The van der Waals surface area contributed by atoms with Crippen molar-refractivity contribution in [3.63, 3.8) is 0 Å². The van der Waals surface area contributed by atoms with Crippen LogP contribution in [0.15, 0.2) is 34.9 Å². The number of furan rings is 1. The van der Waals surface area contributed by atoms with Crippen molar-refractivity contribution in [1.29, 1.82) is 0 Å². The number of rotatable bonds is 5. The molecule has 0 fully saturated rings. The molecule has 0 saturated carbocycles. The summed E-state index contributed by atoms with van der Waals surface area (Å²) in [6.07, 6.45) is 2.95. The summed E-state index contributed by atoms with van der Waals surface area (Å²) < 4.78 is 5.41. The number of likely N-dealkylation sites (N-methyl/N-ethyl adjacent to an activating group) is 1. The fourth-order valence-electron chi connectivity index (χ4n) is 1.92. The van der Waals surface area contributed by atoms with Crippen LogP contribution in [0, 0.1) is 0 Å². The molecule has 1 unspecified atom stereocenters. The Bertz CT molecular complexity index is 518. The second kappa shape index (κ2) is 5.01. The Kier molecular flexibility index (Phi) is 3.44. The van der Waals surface area contributed by atoms with Crippen LogP contribution in [0.3, 0.4) is 0 Å². The number of carbonyl (C=O) groups is 1. The van der Waals surface area contributed by atoms with E-state index in [1.165, 1.54) is 0 Å². The molecule has 0 amide bonds. The van der Waals surface area contributed by atoms with Crippen LogP contribution in [-0.2, 0) is 11.2 Å². The van der Waals surface area contributed by atoms with Gasteiger partial charge in [0.15, 0.2) is 0 Å². The summed E-state index contributed by atoms with van der Waals surface area (Å²) >= 11 is 0. The molecular weight excluding hydrogens is 218 g/mol. The van der Waals surface area contributed by atoms with Gasteiger partial charge in [0.25, 0.3) is 0 Å². The quantitative estimate of drug-likeness (QED) is 0.829. The monoisotopic (exact) mass is 233 g/mol. The summed E-state index contributed by atoms with van der Waals surface area (Å²) in [5.41, 5.74) is 1.90. The van der Waals surface area contributed by atoms with E-state index in [0.717, 1.165) is 16.5 Å². The molecule has 0 radical (unpaired) electrons. The van der Waals surface area contributed by atoms with E-state index in [1.54, 1.807) is 13.3 Å². The fourth-order valence-corrected chi connectivity index (χ4v) is 1.92. The molecule has 1 heterocycles. The first-order valence-corrected chi connectivity index (χ1v) is 5.57. The van der Waals surface area contributed by atoms with Crippen molar-refractivity contribution in [1.82, 2.24) is 5.32 Å². The smallest absolute Gasteiger partial charge is 0.320 e. The number of carboxylic acid groups (broad SMARTS) is 1. The van der Waals surface area contributed by atoms with Crippen LogP contribution in [0.5, 0.6) is 0 Å². The van der Waals surface area contributed by atoms with Crippen molar-refractivity contribution in [2.75, 3.05) is 7.05 Å². The number of hydrogen-bond acceptors (Lipinski definition) is 3. The van der Waals surface area contributed by atoms with Crippen LogP contribution in [-0.4, -0.2) is 24.2 Å². The molecule has 1 atom stereocenters. The lowest BCUT2D eigenvalue weighted by molar-refractivity contribution is -0.139. The molecule has 0 bridgehead atoms. The Morgan fingerprint density at radius 1 is 1.47 bits per heavy atom. The highest BCUT2D eigenvalue weighted by Crippen LogP contribution is 2.22. The first kappa shape index (κ1) is 11.7. The van der Waals surface area contributed by atoms with Gasteiger partial charge in [-0.1, -0.05) is 18.2 Å². The van der Waals surface area contributed by atoms with E-state index in [1.807, 2.05) is 24.3 Å². The van der Waals surface area contributed by atoms with Crippen molar-refractivity contribution >= 4 is 16.9 Å². The Morgan fingerprint density at radius 2 is 2.24 bits per heavy atom. The van der Waals surface area contributed by atoms with Crippen molar-refractivity contribution in [2.45, 2.75) is 18.9 Å². The van der Waals surface area contributed by atoms with E-state index < -0.39 is 12.0 Å². The molecule has 0 aliphatic rings. The number of aliphatic carboxylic acids is 1. The molecule has 0 spiro atoms. The van der Waals surface area contributed by atoms with Gasteiger partial charge in [-0.3, -0.25) is 4.79 Å². The number of hydrogen-bond donors (Lipinski definition) is 2. The minimum Gasteiger partial charge on any atom is -0.480 e. The van der Waals surface area contributed by atoms with Gasteiger partial charge in [0.2, 0.25) is 0 Å².